The summed E-state index contributed by atoms with van der Waals surface area (Å²) >= 11 is 0. The lowest BCUT2D eigenvalue weighted by atomic mass is 9.79. The van der Waals surface area contributed by atoms with Gasteiger partial charge in [0.15, 0.2) is 5.78 Å². The summed E-state index contributed by atoms with van der Waals surface area (Å²) in [5.41, 5.74) is 2.73. The lowest BCUT2D eigenvalue weighted by molar-refractivity contribution is -0.117. The fraction of sp³-hybridized carbons (Fsp3) is 0.769. The van der Waals surface area contributed by atoms with Crippen molar-refractivity contribution in [3.05, 3.63) is 11.1 Å². The quantitative estimate of drug-likeness (QED) is 0.572. The Morgan fingerprint density at radius 1 is 1.00 bits per heavy atom. The number of hydrogen-bond donors (Lipinski definition) is 0. The fourth-order valence-corrected chi connectivity index (χ4v) is 2.82. The van der Waals surface area contributed by atoms with E-state index in [1.807, 2.05) is 0 Å². The van der Waals surface area contributed by atoms with Crippen LogP contribution in [0, 0.1) is 5.92 Å². The maximum atomic E-state index is 11.8. The first-order valence-electron chi connectivity index (χ1n) is 6.01. The molecule has 1 heteroatoms. The van der Waals surface area contributed by atoms with Crippen LogP contribution < -0.4 is 0 Å². The van der Waals surface area contributed by atoms with E-state index in [2.05, 4.69) is 6.92 Å². The summed E-state index contributed by atoms with van der Waals surface area (Å²) in [6.45, 7) is 2.21. The lowest BCUT2D eigenvalue weighted by Gasteiger charge is -2.25. The third kappa shape index (κ3) is 2.08. The molecule has 1 atom stereocenters. The van der Waals surface area contributed by atoms with E-state index in [0.29, 0.717) is 11.7 Å². The van der Waals surface area contributed by atoms with Crippen LogP contribution in [0.2, 0.25) is 0 Å². The van der Waals surface area contributed by atoms with Crippen molar-refractivity contribution in [2.24, 2.45) is 5.92 Å². The van der Waals surface area contributed by atoms with Crippen LogP contribution in [0.15, 0.2) is 11.1 Å². The van der Waals surface area contributed by atoms with Crippen molar-refractivity contribution >= 4 is 5.78 Å². The first kappa shape index (κ1) is 9.95. The summed E-state index contributed by atoms with van der Waals surface area (Å²) in [5, 5.41) is 0. The van der Waals surface area contributed by atoms with Gasteiger partial charge in [0.25, 0.3) is 0 Å². The maximum absolute atomic E-state index is 11.8. The van der Waals surface area contributed by atoms with Gasteiger partial charge in [-0.25, -0.2) is 0 Å². The van der Waals surface area contributed by atoms with Gasteiger partial charge >= 0.3 is 0 Å². The Morgan fingerprint density at radius 3 is 2.50 bits per heavy atom. The molecule has 2 rings (SSSR count). The van der Waals surface area contributed by atoms with Crippen molar-refractivity contribution in [3.63, 3.8) is 0 Å². The molecule has 0 radical (unpaired) electrons. The molecule has 0 aromatic heterocycles. The Balaban J connectivity index is 2.20. The highest BCUT2D eigenvalue weighted by atomic mass is 16.1. The first-order chi connectivity index (χ1) is 6.77. The Labute approximate surface area is 86.6 Å². The monoisotopic (exact) mass is 192 g/mol. The normalized spacial score (nSPS) is 29.5. The van der Waals surface area contributed by atoms with Gasteiger partial charge in [0.2, 0.25) is 0 Å². The Bertz CT molecular complexity index is 262. The van der Waals surface area contributed by atoms with Gasteiger partial charge in [0.1, 0.15) is 0 Å². The van der Waals surface area contributed by atoms with Gasteiger partial charge < -0.3 is 0 Å². The topological polar surface area (TPSA) is 17.1 Å². The lowest BCUT2D eigenvalue weighted by Crippen LogP contribution is -2.18. The van der Waals surface area contributed by atoms with Crippen molar-refractivity contribution in [1.29, 1.82) is 0 Å². The molecule has 0 aromatic carbocycles. The zero-order chi connectivity index (χ0) is 9.97. The van der Waals surface area contributed by atoms with Crippen molar-refractivity contribution < 1.29 is 4.79 Å². The van der Waals surface area contributed by atoms with E-state index in [4.69, 9.17) is 0 Å². The van der Waals surface area contributed by atoms with Gasteiger partial charge in [-0.3, -0.25) is 4.79 Å². The van der Waals surface area contributed by atoms with Crippen LogP contribution in [-0.2, 0) is 4.79 Å². The highest BCUT2D eigenvalue weighted by Gasteiger charge is 2.24. The number of carbonyl (C=O) groups excluding carboxylic acids is 1. The standard InChI is InChI=1S/C13H20O/c1-10-8-11-6-4-2-3-5-7-12(11)13(14)9-10/h10H,2-9H2,1H3. The third-order valence-electron chi connectivity index (χ3n) is 3.55. The van der Waals surface area contributed by atoms with E-state index in [-0.39, 0.29) is 0 Å². The fourth-order valence-electron chi connectivity index (χ4n) is 2.82. The molecule has 0 saturated heterocycles. The third-order valence-corrected chi connectivity index (χ3v) is 3.55. The highest BCUT2D eigenvalue weighted by Crippen LogP contribution is 2.34. The molecule has 14 heavy (non-hydrogen) atoms. The second kappa shape index (κ2) is 4.29. The van der Waals surface area contributed by atoms with Gasteiger partial charge in [-0.15, -0.1) is 0 Å². The summed E-state index contributed by atoms with van der Waals surface area (Å²) < 4.78 is 0. The van der Waals surface area contributed by atoms with Crippen LogP contribution in [0.5, 0.6) is 0 Å². The molecule has 0 N–H and O–H groups in total. The molecule has 2 aliphatic rings. The van der Waals surface area contributed by atoms with Crippen LogP contribution in [0.4, 0.5) is 0 Å². The van der Waals surface area contributed by atoms with Crippen molar-refractivity contribution in [3.8, 4) is 0 Å². The largest absolute Gasteiger partial charge is 0.295 e. The summed E-state index contributed by atoms with van der Waals surface area (Å²) in [7, 11) is 0. The molecular formula is C13H20O. The number of ketones is 1. The minimum absolute atomic E-state index is 0.459. The van der Waals surface area contributed by atoms with E-state index in [1.165, 1.54) is 49.7 Å². The predicted molar refractivity (Wildman–Crippen MR) is 58.1 cm³/mol. The van der Waals surface area contributed by atoms with E-state index in [9.17, 15) is 4.79 Å². The molecule has 0 aromatic rings. The zero-order valence-corrected chi connectivity index (χ0v) is 9.14. The smallest absolute Gasteiger partial charge is 0.159 e. The maximum Gasteiger partial charge on any atom is 0.159 e. The Kier molecular flexibility index (Phi) is 3.05. The molecule has 2 aliphatic carbocycles. The molecule has 0 saturated carbocycles. The van der Waals surface area contributed by atoms with Crippen LogP contribution in [-0.4, -0.2) is 5.78 Å². The zero-order valence-electron chi connectivity index (χ0n) is 9.14. The van der Waals surface area contributed by atoms with Crippen LogP contribution in [0.25, 0.3) is 0 Å². The van der Waals surface area contributed by atoms with Gasteiger partial charge in [-0.2, -0.15) is 0 Å². The summed E-state index contributed by atoms with van der Waals surface area (Å²) in [4.78, 5) is 11.8. The molecule has 0 heterocycles. The average Bonchev–Trinajstić information content (AvgIpc) is 2.07. The molecule has 0 fully saturated rings. The number of rotatable bonds is 0. The van der Waals surface area contributed by atoms with E-state index < -0.39 is 0 Å². The second-order valence-corrected chi connectivity index (χ2v) is 4.93. The average molecular weight is 192 g/mol. The SMILES string of the molecule is CC1CC(=O)C2=C(CCCCCC2)C1. The van der Waals surface area contributed by atoms with Gasteiger partial charge in [-0.05, 0) is 43.6 Å². The first-order valence-corrected chi connectivity index (χ1v) is 6.01. The van der Waals surface area contributed by atoms with E-state index in [0.717, 1.165) is 12.8 Å². The van der Waals surface area contributed by atoms with Crippen molar-refractivity contribution in [2.75, 3.05) is 0 Å². The summed E-state index contributed by atoms with van der Waals surface area (Å²) in [6.07, 6.45) is 9.49. The number of Topliss-reactive ketones (excluding diaryl/α,β-unsaturated/α-hetero) is 1. The van der Waals surface area contributed by atoms with Gasteiger partial charge in [-0.1, -0.05) is 25.3 Å². The predicted octanol–water partition coefficient (Wildman–Crippen LogP) is 3.64. The van der Waals surface area contributed by atoms with E-state index >= 15 is 0 Å². The minimum Gasteiger partial charge on any atom is -0.295 e. The Hall–Kier alpha value is -0.590. The summed E-state index contributed by atoms with van der Waals surface area (Å²) in [6, 6.07) is 0. The molecule has 1 unspecified atom stereocenters. The molecule has 1 nitrogen and oxygen atoms in total. The molecule has 0 bridgehead atoms. The molecule has 0 amide bonds. The van der Waals surface area contributed by atoms with Gasteiger partial charge in [0.05, 0.1) is 0 Å². The van der Waals surface area contributed by atoms with Crippen LogP contribution in [0.3, 0.4) is 0 Å². The van der Waals surface area contributed by atoms with E-state index in [1.54, 1.807) is 0 Å². The van der Waals surface area contributed by atoms with Crippen LogP contribution in [0.1, 0.15) is 58.3 Å². The number of allylic oxidation sites excluding steroid dienone is 2. The number of hydrogen-bond acceptors (Lipinski definition) is 1. The number of carbonyl (C=O) groups is 1. The molecular weight excluding hydrogens is 172 g/mol. The van der Waals surface area contributed by atoms with Gasteiger partial charge in [0, 0.05) is 6.42 Å². The van der Waals surface area contributed by atoms with Crippen LogP contribution >= 0.6 is 0 Å². The molecule has 0 aliphatic heterocycles. The van der Waals surface area contributed by atoms with Crippen molar-refractivity contribution in [2.45, 2.75) is 58.3 Å². The summed E-state index contributed by atoms with van der Waals surface area (Å²) in [5.74, 6) is 1.06. The second-order valence-electron chi connectivity index (χ2n) is 4.93. The van der Waals surface area contributed by atoms with Crippen molar-refractivity contribution in [1.82, 2.24) is 0 Å². The molecule has 78 valence electrons. The minimum atomic E-state index is 0.459. The molecule has 0 spiro atoms. The Morgan fingerprint density at radius 2 is 1.71 bits per heavy atom. The highest BCUT2D eigenvalue weighted by molar-refractivity contribution is 5.97.